The number of benzene rings is 1. The maximum absolute atomic E-state index is 12.1. The zero-order valence-electron chi connectivity index (χ0n) is 14.9. The number of hydrogen-bond acceptors (Lipinski definition) is 2. The normalized spacial score (nSPS) is 19.0. The minimum atomic E-state index is -0.0534. The number of hydrogen-bond donors (Lipinski definition) is 2. The Kier molecular flexibility index (Phi) is 5.99. The van der Waals surface area contributed by atoms with Crippen LogP contribution in [-0.4, -0.2) is 49.5 Å². The summed E-state index contributed by atoms with van der Waals surface area (Å²) in [6, 6.07) is 7.38. The Labute approximate surface area is 158 Å². The van der Waals surface area contributed by atoms with Gasteiger partial charge < -0.3 is 15.5 Å². The molecule has 25 heavy (non-hydrogen) atoms. The average molecular weight is 407 g/mol. The fourth-order valence-electron chi connectivity index (χ4n) is 3.66. The number of nitrogens with zero attached hydrogens (tertiary/aromatic N) is 2. The lowest BCUT2D eigenvalue weighted by Crippen LogP contribution is -2.43. The van der Waals surface area contributed by atoms with E-state index in [9.17, 15) is 4.79 Å². The van der Waals surface area contributed by atoms with Crippen molar-refractivity contribution in [3.05, 3.63) is 34.3 Å². The molecule has 1 spiro atoms. The van der Waals surface area contributed by atoms with Gasteiger partial charge in [0, 0.05) is 36.2 Å². The van der Waals surface area contributed by atoms with E-state index in [1.807, 2.05) is 24.3 Å². The first kappa shape index (κ1) is 18.2. The molecule has 136 valence electrons. The van der Waals surface area contributed by atoms with Crippen molar-refractivity contribution in [1.82, 2.24) is 15.5 Å². The summed E-state index contributed by atoms with van der Waals surface area (Å²) in [5.41, 5.74) is 1.23. The van der Waals surface area contributed by atoms with Crippen LogP contribution in [0.5, 0.6) is 0 Å². The molecule has 3 rings (SSSR count). The van der Waals surface area contributed by atoms with Gasteiger partial charge in [-0.2, -0.15) is 0 Å². The van der Waals surface area contributed by atoms with Crippen LogP contribution in [0.15, 0.2) is 33.7 Å². The van der Waals surface area contributed by atoms with Crippen LogP contribution in [0.3, 0.4) is 0 Å². The largest absolute Gasteiger partial charge is 0.357 e. The van der Waals surface area contributed by atoms with E-state index >= 15 is 0 Å². The highest BCUT2D eigenvalue weighted by atomic mass is 79.9. The molecule has 0 bridgehead atoms. The molecule has 2 fully saturated rings. The van der Waals surface area contributed by atoms with Crippen molar-refractivity contribution in [2.75, 3.05) is 32.7 Å². The van der Waals surface area contributed by atoms with Gasteiger partial charge in [0.1, 0.15) is 0 Å². The summed E-state index contributed by atoms with van der Waals surface area (Å²) in [7, 11) is 0. The Hall–Kier alpha value is -1.56. The lowest BCUT2D eigenvalue weighted by molar-refractivity contribution is 0.0955. The van der Waals surface area contributed by atoms with Gasteiger partial charge >= 0.3 is 0 Å². The summed E-state index contributed by atoms with van der Waals surface area (Å²) in [5.74, 6) is 0.937. The van der Waals surface area contributed by atoms with Gasteiger partial charge in [-0.25, -0.2) is 0 Å². The van der Waals surface area contributed by atoms with Crippen molar-refractivity contribution in [1.29, 1.82) is 0 Å². The van der Waals surface area contributed by atoms with Gasteiger partial charge in [0.2, 0.25) is 0 Å². The summed E-state index contributed by atoms with van der Waals surface area (Å²) >= 11 is 3.38. The fourth-order valence-corrected chi connectivity index (χ4v) is 3.93. The zero-order chi connectivity index (χ0) is 17.7. The summed E-state index contributed by atoms with van der Waals surface area (Å²) < 4.78 is 0.971. The number of halogens is 1. The summed E-state index contributed by atoms with van der Waals surface area (Å²) in [5, 5.41) is 6.33. The summed E-state index contributed by atoms with van der Waals surface area (Å²) in [4.78, 5) is 19.2. The molecule has 0 unspecified atom stereocenters. The van der Waals surface area contributed by atoms with Crippen molar-refractivity contribution in [3.8, 4) is 0 Å². The first-order chi connectivity index (χ1) is 12.1. The van der Waals surface area contributed by atoms with Gasteiger partial charge in [-0.05, 0) is 55.9 Å². The predicted octanol–water partition coefficient (Wildman–Crippen LogP) is 3.02. The van der Waals surface area contributed by atoms with E-state index in [0.29, 0.717) is 24.1 Å². The van der Waals surface area contributed by atoms with Gasteiger partial charge in [-0.3, -0.25) is 9.79 Å². The molecule has 5 nitrogen and oxygen atoms in total. The Morgan fingerprint density at radius 3 is 2.60 bits per heavy atom. The molecule has 0 atom stereocenters. The smallest absolute Gasteiger partial charge is 0.251 e. The zero-order valence-corrected chi connectivity index (χ0v) is 16.4. The van der Waals surface area contributed by atoms with Crippen LogP contribution in [0.25, 0.3) is 0 Å². The third kappa shape index (κ3) is 4.54. The number of carbonyl (C=O) groups excluding carboxylic acids is 1. The summed E-state index contributed by atoms with van der Waals surface area (Å²) in [6.45, 7) is 6.33. The van der Waals surface area contributed by atoms with Crippen LogP contribution < -0.4 is 10.6 Å². The number of guanidine groups is 1. The lowest BCUT2D eigenvalue weighted by Gasteiger charge is -2.38. The van der Waals surface area contributed by atoms with Crippen LogP contribution >= 0.6 is 15.9 Å². The molecule has 1 saturated heterocycles. The highest BCUT2D eigenvalue weighted by molar-refractivity contribution is 9.10. The monoisotopic (exact) mass is 406 g/mol. The van der Waals surface area contributed by atoms with E-state index in [-0.39, 0.29) is 5.91 Å². The van der Waals surface area contributed by atoms with Crippen LogP contribution in [0.4, 0.5) is 0 Å². The Morgan fingerprint density at radius 2 is 2.00 bits per heavy atom. The summed E-state index contributed by atoms with van der Waals surface area (Å²) in [6.07, 6.45) is 5.40. The molecule has 1 amide bonds. The fraction of sp³-hybridized carbons (Fsp3) is 0.579. The number of likely N-dealkylation sites (tertiary alicyclic amines) is 1. The lowest BCUT2D eigenvalue weighted by atomic mass is 9.68. The van der Waals surface area contributed by atoms with E-state index in [4.69, 9.17) is 4.99 Å². The standard InChI is InChI=1S/C19H27BrN4O/c1-2-21-18(24-13-10-19(14-24)8-3-9-19)23-12-11-22-17(25)15-4-6-16(20)7-5-15/h4-7H,2-3,8-14H2,1H3,(H,21,23)(H,22,25). The molecule has 6 heteroatoms. The molecule has 1 aromatic rings. The van der Waals surface area contributed by atoms with Gasteiger partial charge in [-0.1, -0.05) is 22.4 Å². The Morgan fingerprint density at radius 1 is 1.24 bits per heavy atom. The van der Waals surface area contributed by atoms with Crippen molar-refractivity contribution in [2.45, 2.75) is 32.6 Å². The van der Waals surface area contributed by atoms with Crippen LogP contribution in [0.1, 0.15) is 43.0 Å². The number of amides is 1. The van der Waals surface area contributed by atoms with E-state index in [0.717, 1.165) is 30.1 Å². The SMILES string of the molecule is CCNC(=NCCNC(=O)c1ccc(Br)cc1)N1CCC2(CCC2)C1. The number of aliphatic imine (C=N–C) groups is 1. The molecule has 1 saturated carbocycles. The maximum Gasteiger partial charge on any atom is 0.251 e. The molecule has 1 aromatic carbocycles. The van der Waals surface area contributed by atoms with Crippen LogP contribution in [-0.2, 0) is 0 Å². The minimum Gasteiger partial charge on any atom is -0.357 e. The third-order valence-electron chi connectivity index (χ3n) is 5.25. The number of nitrogens with one attached hydrogen (secondary N) is 2. The first-order valence-electron chi connectivity index (χ1n) is 9.19. The van der Waals surface area contributed by atoms with Gasteiger partial charge in [0.25, 0.3) is 5.91 Å². The first-order valence-corrected chi connectivity index (χ1v) is 9.98. The number of rotatable bonds is 5. The van der Waals surface area contributed by atoms with Crippen LogP contribution in [0, 0.1) is 5.41 Å². The minimum absolute atomic E-state index is 0.0534. The number of carbonyl (C=O) groups is 1. The second kappa shape index (κ2) is 8.21. The van der Waals surface area contributed by atoms with Crippen molar-refractivity contribution in [2.24, 2.45) is 10.4 Å². The highest BCUT2D eigenvalue weighted by Crippen LogP contribution is 2.47. The Balaban J connectivity index is 1.48. The van der Waals surface area contributed by atoms with Crippen molar-refractivity contribution in [3.63, 3.8) is 0 Å². The molecule has 0 aromatic heterocycles. The quantitative estimate of drug-likeness (QED) is 0.448. The van der Waals surface area contributed by atoms with Crippen molar-refractivity contribution >= 4 is 27.8 Å². The molecular weight excluding hydrogens is 380 g/mol. The second-order valence-electron chi connectivity index (χ2n) is 7.02. The molecular formula is C19H27BrN4O. The van der Waals surface area contributed by atoms with E-state index in [2.05, 4.69) is 38.4 Å². The molecule has 2 N–H and O–H groups in total. The van der Waals surface area contributed by atoms with Gasteiger partial charge in [0.05, 0.1) is 6.54 Å². The molecule has 1 aliphatic carbocycles. The molecule has 2 aliphatic rings. The topological polar surface area (TPSA) is 56.7 Å². The van der Waals surface area contributed by atoms with Crippen LogP contribution in [0.2, 0.25) is 0 Å². The van der Waals surface area contributed by atoms with Gasteiger partial charge in [-0.15, -0.1) is 0 Å². The second-order valence-corrected chi connectivity index (χ2v) is 7.94. The predicted molar refractivity (Wildman–Crippen MR) is 105 cm³/mol. The molecule has 1 heterocycles. The Bertz CT molecular complexity index is 625. The highest BCUT2D eigenvalue weighted by Gasteiger charge is 2.43. The third-order valence-corrected chi connectivity index (χ3v) is 5.78. The average Bonchev–Trinajstić information content (AvgIpc) is 3.04. The van der Waals surface area contributed by atoms with Gasteiger partial charge in [0.15, 0.2) is 5.96 Å². The van der Waals surface area contributed by atoms with E-state index in [1.165, 1.54) is 25.7 Å². The maximum atomic E-state index is 12.1. The van der Waals surface area contributed by atoms with Crippen molar-refractivity contribution < 1.29 is 4.79 Å². The van der Waals surface area contributed by atoms with E-state index in [1.54, 1.807) is 0 Å². The molecule has 0 radical (unpaired) electrons. The molecule has 1 aliphatic heterocycles. The van der Waals surface area contributed by atoms with E-state index < -0.39 is 0 Å².